The molecule has 0 heterocycles. The molecule has 0 aromatic rings. The fourth-order valence-corrected chi connectivity index (χ4v) is 1.50. The maximum absolute atomic E-state index is 5.69. The third-order valence-electron chi connectivity index (χ3n) is 2.52. The molecule has 0 nitrogen and oxygen atoms in total. The SMILES string of the molecule is [B][B]B([B])C(B([B])[B])(B([B])[B])B([B])[B]. The van der Waals surface area contributed by atoms with Gasteiger partial charge in [0.15, 0.2) is 0 Å². The molecule has 14 heavy (non-hydrogen) atoms. The van der Waals surface area contributed by atoms with Gasteiger partial charge in [-0.3, -0.25) is 0 Å². The van der Waals surface area contributed by atoms with Gasteiger partial charge in [-0.2, -0.15) is 5.01 Å². The molecule has 43 valence electrons. The van der Waals surface area contributed by atoms with Crippen LogP contribution in [-0.2, 0) is 0 Å². The lowest BCUT2D eigenvalue weighted by atomic mass is 8.66. The smallest absolute Gasteiger partial charge is 0.0243 e. The van der Waals surface area contributed by atoms with Crippen molar-refractivity contribution < 1.29 is 0 Å². The Bertz CT molecular complexity index is 137. The molecule has 0 unspecified atom stereocenters. The van der Waals surface area contributed by atoms with Crippen LogP contribution in [0.1, 0.15) is 0 Å². The monoisotopic (exact) mass is 155 g/mol. The third kappa shape index (κ3) is 2.50. The van der Waals surface area contributed by atoms with E-state index in [0.717, 1.165) is 0 Å². The lowest BCUT2D eigenvalue weighted by molar-refractivity contribution is 1.60. The maximum atomic E-state index is 5.69. The lowest BCUT2D eigenvalue weighted by Gasteiger charge is -2.50. The first kappa shape index (κ1) is 14.8. The first-order valence-electron chi connectivity index (χ1n) is 4.15. The zero-order chi connectivity index (χ0) is 11.5. The van der Waals surface area contributed by atoms with E-state index in [-0.39, 0.29) is 0 Å². The van der Waals surface area contributed by atoms with Gasteiger partial charge in [-0.25, -0.2) is 0 Å². The molecule has 0 spiro atoms. The Labute approximate surface area is 100 Å². The Morgan fingerprint density at radius 1 is 0.714 bits per heavy atom. The molecule has 0 aromatic carbocycles. The van der Waals surface area contributed by atoms with Crippen LogP contribution in [0.4, 0.5) is 0 Å². The minimum atomic E-state index is -1.23. The summed E-state index contributed by atoms with van der Waals surface area (Å²) in [6.07, 6.45) is 0. The van der Waals surface area contributed by atoms with E-state index in [1.807, 2.05) is 0 Å². The van der Waals surface area contributed by atoms with Crippen LogP contribution in [0.15, 0.2) is 0 Å². The molecule has 13 heteroatoms. The molecule has 17 radical (unpaired) electrons. The number of hydrogen-bond acceptors (Lipinski definition) is 0. The molecule has 0 fully saturated rings. The summed E-state index contributed by atoms with van der Waals surface area (Å²) in [6, 6.07) is 0. The Morgan fingerprint density at radius 2 is 1.00 bits per heavy atom. The minimum absolute atomic E-state index is 0.775. The van der Waals surface area contributed by atoms with E-state index in [0.29, 0.717) is 0 Å². The molecule has 0 aromatic heterocycles. The van der Waals surface area contributed by atoms with Crippen molar-refractivity contribution >= 4 is 94.9 Å². The second-order valence-electron chi connectivity index (χ2n) is 3.30. The molecular weight excluding hydrogens is 153 g/mol. The van der Waals surface area contributed by atoms with Gasteiger partial charge in [0.25, 0.3) is 0 Å². The Hall–Kier alpha value is 0.844. The van der Waals surface area contributed by atoms with E-state index < -0.39 is 31.0 Å². The van der Waals surface area contributed by atoms with E-state index in [4.69, 9.17) is 61.9 Å². The van der Waals surface area contributed by atoms with Gasteiger partial charge in [0.2, 0.25) is 0 Å². The van der Waals surface area contributed by atoms with Gasteiger partial charge in [0.05, 0.1) is 0 Å². The Kier molecular flexibility index (Phi) is 6.15. The highest BCUT2D eigenvalue weighted by Crippen LogP contribution is 2.31. The van der Waals surface area contributed by atoms with E-state index in [1.165, 1.54) is 7.06 Å². The highest BCUT2D eigenvalue weighted by Gasteiger charge is 2.43. The number of hydrogen-bond donors (Lipinski definition) is 0. The van der Waals surface area contributed by atoms with E-state index in [9.17, 15) is 0 Å². The van der Waals surface area contributed by atoms with Crippen molar-refractivity contribution in [3.8, 4) is 0 Å². The van der Waals surface area contributed by atoms with Gasteiger partial charge < -0.3 is 0 Å². The molecule has 0 N–H and O–H groups in total. The van der Waals surface area contributed by atoms with Gasteiger partial charge in [0.1, 0.15) is 0 Å². The zero-order valence-electron chi connectivity index (χ0n) is 8.01. The topological polar surface area (TPSA) is 0 Å². The van der Waals surface area contributed by atoms with Crippen molar-refractivity contribution in [2.24, 2.45) is 0 Å². The fourth-order valence-electron chi connectivity index (χ4n) is 1.50. The van der Waals surface area contributed by atoms with Crippen LogP contribution < -0.4 is 0 Å². The Morgan fingerprint density at radius 3 is 1.07 bits per heavy atom. The maximum Gasteiger partial charge on any atom is 0.0243 e. The van der Waals surface area contributed by atoms with Crippen molar-refractivity contribution in [1.29, 1.82) is 0 Å². The van der Waals surface area contributed by atoms with Crippen molar-refractivity contribution in [1.82, 2.24) is 0 Å². The average molecular weight is 153 g/mol. The molecule has 0 atom stereocenters. The standard InChI is InChI=1S/CB13/c2-10-14(9)1(11(3)4,12(5)6)13(7)8. The van der Waals surface area contributed by atoms with Gasteiger partial charge in [-0.15, -0.1) is 0 Å². The van der Waals surface area contributed by atoms with Crippen LogP contribution in [-0.4, -0.2) is 94.9 Å². The van der Waals surface area contributed by atoms with E-state index >= 15 is 0 Å². The quantitative estimate of drug-likeness (QED) is 0.347. The predicted octanol–water partition coefficient (Wildman–Crippen LogP) is -4.74. The van der Waals surface area contributed by atoms with Crippen molar-refractivity contribution in [2.45, 2.75) is 5.01 Å². The summed E-state index contributed by atoms with van der Waals surface area (Å²) in [5.74, 6) is 0. The molecule has 0 amide bonds. The summed E-state index contributed by atoms with van der Waals surface area (Å²) >= 11 is 0. The number of rotatable bonds is 5. The van der Waals surface area contributed by atoms with Gasteiger partial charge >= 0.3 is 0 Å². The van der Waals surface area contributed by atoms with Crippen LogP contribution in [0.25, 0.3) is 0 Å². The summed E-state index contributed by atoms with van der Waals surface area (Å²) in [6.45, 7) is -3.66. The van der Waals surface area contributed by atoms with Crippen molar-refractivity contribution in [3.05, 3.63) is 0 Å². The zero-order valence-corrected chi connectivity index (χ0v) is 8.01. The third-order valence-corrected chi connectivity index (χ3v) is 2.52. The minimum Gasteiger partial charge on any atom is -0.169 e. The second-order valence-corrected chi connectivity index (χ2v) is 3.30. The predicted molar refractivity (Wildman–Crippen MR) is 77.5 cm³/mol. The molecule has 0 aliphatic heterocycles. The van der Waals surface area contributed by atoms with Crippen LogP contribution in [0.5, 0.6) is 0 Å². The molecule has 0 saturated carbocycles. The average Bonchev–Trinajstić information content (AvgIpc) is 2.02. The van der Waals surface area contributed by atoms with E-state index in [2.05, 4.69) is 0 Å². The largest absolute Gasteiger partial charge is 0.169 e. The van der Waals surface area contributed by atoms with Crippen LogP contribution >= 0.6 is 0 Å². The molecule has 0 saturated heterocycles. The van der Waals surface area contributed by atoms with E-state index in [1.54, 1.807) is 0 Å². The highest BCUT2D eigenvalue weighted by atomic mass is 13.8. The summed E-state index contributed by atoms with van der Waals surface area (Å²) < 4.78 is 0. The lowest BCUT2D eigenvalue weighted by Crippen LogP contribution is -2.67. The van der Waals surface area contributed by atoms with Crippen molar-refractivity contribution in [3.63, 3.8) is 0 Å². The summed E-state index contributed by atoms with van der Waals surface area (Å²) in [5, 5.41) is -1.23. The van der Waals surface area contributed by atoms with Crippen LogP contribution in [0, 0.1) is 0 Å². The summed E-state index contributed by atoms with van der Waals surface area (Å²) in [4.78, 5) is 0. The van der Waals surface area contributed by atoms with Gasteiger partial charge in [-0.1, -0.05) is 0 Å². The molecule has 0 aliphatic carbocycles. The molecule has 0 aliphatic rings. The molecule has 0 rings (SSSR count). The second kappa shape index (κ2) is 5.80. The first-order valence-corrected chi connectivity index (χ1v) is 4.15. The summed E-state index contributed by atoms with van der Waals surface area (Å²) in [5.41, 5.74) is 0. The summed E-state index contributed by atoms with van der Waals surface area (Å²) in [7, 11) is 45.5. The van der Waals surface area contributed by atoms with Gasteiger partial charge in [-0.05, 0) is 0 Å². The van der Waals surface area contributed by atoms with Gasteiger partial charge in [0, 0.05) is 94.9 Å². The Balaban J connectivity index is 5.16. The fraction of sp³-hybridized carbons (Fsp3) is 1.00. The molecular formula is CB13. The normalized spacial score (nSPS) is 10.3. The highest BCUT2D eigenvalue weighted by molar-refractivity contribution is 7.67. The first-order chi connectivity index (χ1) is 6.31. The molecule has 0 bridgehead atoms. The van der Waals surface area contributed by atoms with Crippen LogP contribution in [0.2, 0.25) is 5.01 Å². The van der Waals surface area contributed by atoms with Crippen molar-refractivity contribution in [2.75, 3.05) is 0 Å². The van der Waals surface area contributed by atoms with Crippen LogP contribution in [0.3, 0.4) is 0 Å².